The Morgan fingerprint density at radius 2 is 2.19 bits per heavy atom. The number of piperidine rings is 1. The van der Waals surface area contributed by atoms with Crippen LogP contribution in [0, 0.1) is 12.8 Å². The molecular weight excluding hydrogens is 264 g/mol. The summed E-state index contributed by atoms with van der Waals surface area (Å²) in [5, 5.41) is 13.3. The number of amides is 1. The lowest BCUT2D eigenvalue weighted by Crippen LogP contribution is -2.50. The fourth-order valence-electron chi connectivity index (χ4n) is 3.09. The third-order valence-electron chi connectivity index (χ3n) is 4.47. The fourth-order valence-corrected chi connectivity index (χ4v) is 3.09. The first kappa shape index (κ1) is 15.8. The van der Waals surface area contributed by atoms with E-state index in [1.807, 2.05) is 11.8 Å². The van der Waals surface area contributed by atoms with Gasteiger partial charge in [0.1, 0.15) is 5.75 Å². The molecule has 21 heavy (non-hydrogen) atoms. The molecule has 4 heteroatoms. The molecule has 0 radical (unpaired) electrons. The molecule has 2 unspecified atom stereocenters. The number of rotatable bonds is 4. The maximum absolute atomic E-state index is 12.6. The van der Waals surface area contributed by atoms with Gasteiger partial charge in [-0.15, -0.1) is 0 Å². The van der Waals surface area contributed by atoms with Gasteiger partial charge in [-0.05, 0) is 43.5 Å². The average Bonchev–Trinajstić information content (AvgIpc) is 2.50. The van der Waals surface area contributed by atoms with Gasteiger partial charge in [-0.25, -0.2) is 0 Å². The number of nitrogens with one attached hydrogen (secondary N) is 1. The normalized spacial score (nSPS) is 22.3. The van der Waals surface area contributed by atoms with Crippen LogP contribution in [0.4, 0.5) is 0 Å². The lowest BCUT2D eigenvalue weighted by Gasteiger charge is -2.38. The van der Waals surface area contributed by atoms with Gasteiger partial charge in [0.2, 0.25) is 0 Å². The first-order valence-electron chi connectivity index (χ1n) is 7.89. The molecule has 2 rings (SSSR count). The highest BCUT2D eigenvalue weighted by atomic mass is 16.3. The van der Waals surface area contributed by atoms with Crippen molar-refractivity contribution in [3.05, 3.63) is 29.3 Å². The lowest BCUT2D eigenvalue weighted by atomic mass is 9.89. The van der Waals surface area contributed by atoms with Gasteiger partial charge in [0.25, 0.3) is 5.91 Å². The van der Waals surface area contributed by atoms with Gasteiger partial charge >= 0.3 is 0 Å². The summed E-state index contributed by atoms with van der Waals surface area (Å²) in [6.45, 7) is 8.68. The Morgan fingerprint density at radius 1 is 1.43 bits per heavy atom. The third-order valence-corrected chi connectivity index (χ3v) is 4.47. The minimum Gasteiger partial charge on any atom is -0.508 e. The highest BCUT2D eigenvalue weighted by Gasteiger charge is 2.30. The second-order valence-corrected chi connectivity index (χ2v) is 5.87. The SMILES string of the molecule is CCNC1CCN(C(=O)c2ccc(C)c(O)c2)CC1CC. The van der Waals surface area contributed by atoms with Crippen molar-refractivity contribution in [1.82, 2.24) is 10.2 Å². The lowest BCUT2D eigenvalue weighted by molar-refractivity contribution is 0.0627. The molecule has 1 amide bonds. The van der Waals surface area contributed by atoms with E-state index in [2.05, 4.69) is 19.2 Å². The number of carbonyl (C=O) groups excluding carboxylic acids is 1. The number of phenols is 1. The van der Waals surface area contributed by atoms with E-state index in [1.165, 1.54) is 0 Å². The Morgan fingerprint density at radius 3 is 2.81 bits per heavy atom. The van der Waals surface area contributed by atoms with Crippen LogP contribution in [0.2, 0.25) is 0 Å². The summed E-state index contributed by atoms with van der Waals surface area (Å²) >= 11 is 0. The second kappa shape index (κ2) is 6.94. The van der Waals surface area contributed by atoms with Crippen LogP contribution in [0.3, 0.4) is 0 Å². The van der Waals surface area contributed by atoms with Gasteiger partial charge in [-0.2, -0.15) is 0 Å². The molecule has 1 saturated heterocycles. The predicted octanol–water partition coefficient (Wildman–Crippen LogP) is 2.55. The molecule has 0 bridgehead atoms. The second-order valence-electron chi connectivity index (χ2n) is 5.87. The molecule has 0 aliphatic carbocycles. The highest BCUT2D eigenvalue weighted by molar-refractivity contribution is 5.94. The molecule has 0 saturated carbocycles. The van der Waals surface area contributed by atoms with Crippen molar-refractivity contribution < 1.29 is 9.90 Å². The molecule has 1 aromatic carbocycles. The van der Waals surface area contributed by atoms with Crippen molar-refractivity contribution in [2.24, 2.45) is 5.92 Å². The quantitative estimate of drug-likeness (QED) is 0.896. The largest absolute Gasteiger partial charge is 0.508 e. The van der Waals surface area contributed by atoms with E-state index < -0.39 is 0 Å². The zero-order chi connectivity index (χ0) is 15.4. The van der Waals surface area contributed by atoms with E-state index in [-0.39, 0.29) is 11.7 Å². The van der Waals surface area contributed by atoms with Crippen LogP contribution < -0.4 is 5.32 Å². The van der Waals surface area contributed by atoms with Crippen molar-refractivity contribution in [2.45, 2.75) is 39.7 Å². The minimum atomic E-state index is 0.0266. The Bertz CT molecular complexity index is 502. The predicted molar refractivity (Wildman–Crippen MR) is 84.6 cm³/mol. The van der Waals surface area contributed by atoms with Gasteiger partial charge < -0.3 is 15.3 Å². The maximum atomic E-state index is 12.6. The molecular formula is C17H26N2O2. The summed E-state index contributed by atoms with van der Waals surface area (Å²) in [7, 11) is 0. The van der Waals surface area contributed by atoms with Gasteiger partial charge in [0.15, 0.2) is 0 Å². The third kappa shape index (κ3) is 3.56. The zero-order valence-electron chi connectivity index (χ0n) is 13.2. The molecule has 4 nitrogen and oxygen atoms in total. The summed E-state index contributed by atoms with van der Waals surface area (Å²) in [4.78, 5) is 14.5. The Balaban J connectivity index is 2.08. The van der Waals surface area contributed by atoms with Crippen molar-refractivity contribution in [3.8, 4) is 5.75 Å². The molecule has 1 fully saturated rings. The van der Waals surface area contributed by atoms with E-state index in [4.69, 9.17) is 0 Å². The minimum absolute atomic E-state index is 0.0266. The molecule has 1 aliphatic rings. The van der Waals surface area contributed by atoms with Crippen LogP contribution in [-0.4, -0.2) is 41.6 Å². The summed E-state index contributed by atoms with van der Waals surface area (Å²) in [6, 6.07) is 5.69. The van der Waals surface area contributed by atoms with Gasteiger partial charge in [-0.1, -0.05) is 26.3 Å². The van der Waals surface area contributed by atoms with Gasteiger partial charge in [-0.3, -0.25) is 4.79 Å². The van der Waals surface area contributed by atoms with Crippen molar-refractivity contribution >= 4 is 5.91 Å². The van der Waals surface area contributed by atoms with Crippen molar-refractivity contribution in [1.29, 1.82) is 0 Å². The van der Waals surface area contributed by atoms with Crippen LogP contribution in [0.1, 0.15) is 42.6 Å². The summed E-state index contributed by atoms with van der Waals surface area (Å²) in [6.07, 6.45) is 2.07. The van der Waals surface area contributed by atoms with E-state index >= 15 is 0 Å². The summed E-state index contributed by atoms with van der Waals surface area (Å²) < 4.78 is 0. The molecule has 1 aliphatic heterocycles. The van der Waals surface area contributed by atoms with Crippen LogP contribution in [0.5, 0.6) is 5.75 Å². The fraction of sp³-hybridized carbons (Fsp3) is 0.588. The Hall–Kier alpha value is -1.55. The number of carbonyl (C=O) groups is 1. The maximum Gasteiger partial charge on any atom is 0.253 e. The number of hydrogen-bond acceptors (Lipinski definition) is 3. The Kier molecular flexibility index (Phi) is 5.23. The smallest absolute Gasteiger partial charge is 0.253 e. The van der Waals surface area contributed by atoms with Gasteiger partial charge in [0.05, 0.1) is 0 Å². The van der Waals surface area contributed by atoms with Crippen LogP contribution in [-0.2, 0) is 0 Å². The molecule has 2 N–H and O–H groups in total. The standard InChI is InChI=1S/C17H26N2O2/c1-4-13-11-19(9-8-15(13)18-5-2)17(21)14-7-6-12(3)16(20)10-14/h6-7,10,13,15,18,20H,4-5,8-9,11H2,1-3H3. The van der Waals surface area contributed by atoms with Crippen molar-refractivity contribution in [3.63, 3.8) is 0 Å². The number of phenolic OH excluding ortho intramolecular Hbond substituents is 1. The number of likely N-dealkylation sites (tertiary alicyclic amines) is 1. The van der Waals surface area contributed by atoms with Crippen molar-refractivity contribution in [2.75, 3.05) is 19.6 Å². The summed E-state index contributed by atoms with van der Waals surface area (Å²) in [5.74, 6) is 0.718. The van der Waals surface area contributed by atoms with Gasteiger partial charge in [0, 0.05) is 24.7 Å². The first-order valence-corrected chi connectivity index (χ1v) is 7.89. The highest BCUT2D eigenvalue weighted by Crippen LogP contribution is 2.24. The van der Waals surface area contributed by atoms with E-state index in [9.17, 15) is 9.90 Å². The number of benzene rings is 1. The molecule has 2 atom stereocenters. The summed E-state index contributed by atoms with van der Waals surface area (Å²) in [5.41, 5.74) is 1.37. The molecule has 116 valence electrons. The molecule has 0 aromatic heterocycles. The first-order chi connectivity index (χ1) is 10.1. The van der Waals surface area contributed by atoms with Crippen LogP contribution in [0.15, 0.2) is 18.2 Å². The zero-order valence-corrected chi connectivity index (χ0v) is 13.2. The topological polar surface area (TPSA) is 52.6 Å². The molecule has 0 spiro atoms. The number of hydrogen-bond donors (Lipinski definition) is 2. The number of aryl methyl sites for hydroxylation is 1. The monoisotopic (exact) mass is 290 g/mol. The van der Waals surface area contributed by atoms with E-state index in [0.717, 1.165) is 38.0 Å². The molecule has 1 aromatic rings. The van der Waals surface area contributed by atoms with E-state index in [0.29, 0.717) is 17.5 Å². The average molecular weight is 290 g/mol. The van der Waals surface area contributed by atoms with Crippen LogP contribution >= 0.6 is 0 Å². The van der Waals surface area contributed by atoms with E-state index in [1.54, 1.807) is 18.2 Å². The number of nitrogens with zero attached hydrogens (tertiary/aromatic N) is 1. The Labute approximate surface area is 127 Å². The number of aromatic hydroxyl groups is 1. The van der Waals surface area contributed by atoms with Crippen LogP contribution in [0.25, 0.3) is 0 Å². The molecule has 1 heterocycles.